The van der Waals surface area contributed by atoms with E-state index < -0.39 is 5.91 Å². The second-order valence-electron chi connectivity index (χ2n) is 3.31. The molecule has 0 atom stereocenters. The zero-order chi connectivity index (χ0) is 11.3. The zero-order valence-corrected chi connectivity index (χ0v) is 8.73. The molecule has 1 aromatic rings. The molecule has 1 amide bonds. The Morgan fingerprint density at radius 1 is 1.67 bits per heavy atom. The van der Waals surface area contributed by atoms with Crippen molar-refractivity contribution in [3.8, 4) is 6.07 Å². The quantitative estimate of drug-likeness (QED) is 0.730. The first-order chi connectivity index (χ1) is 7.20. The van der Waals surface area contributed by atoms with Crippen molar-refractivity contribution < 1.29 is 4.79 Å². The molecule has 80 valence electrons. The number of rotatable bonds is 5. The maximum Gasteiger partial charge on any atom is 0.253 e. The first kappa shape index (κ1) is 11.2. The van der Waals surface area contributed by atoms with Gasteiger partial charge in [0.15, 0.2) is 5.69 Å². The normalized spacial score (nSPS) is 9.87. The molecule has 0 spiro atoms. The third-order valence-corrected chi connectivity index (χ3v) is 2.18. The third-order valence-electron chi connectivity index (χ3n) is 2.18. The molecule has 1 aromatic heterocycles. The van der Waals surface area contributed by atoms with E-state index in [1.807, 2.05) is 6.07 Å². The van der Waals surface area contributed by atoms with E-state index >= 15 is 0 Å². The maximum absolute atomic E-state index is 10.9. The largest absolute Gasteiger partial charge is 0.365 e. The lowest BCUT2D eigenvalue weighted by Crippen LogP contribution is -2.13. The molecule has 0 saturated heterocycles. The molecule has 0 radical (unpaired) electrons. The summed E-state index contributed by atoms with van der Waals surface area (Å²) in [7, 11) is 0. The molecule has 2 N–H and O–H groups in total. The number of aromatic nitrogens is 2. The van der Waals surface area contributed by atoms with Crippen molar-refractivity contribution in [3.63, 3.8) is 0 Å². The fraction of sp³-hybridized carbons (Fsp3) is 0.500. The minimum absolute atomic E-state index is 0.203. The van der Waals surface area contributed by atoms with Gasteiger partial charge in [-0.2, -0.15) is 10.4 Å². The minimum atomic E-state index is -0.603. The molecule has 5 nitrogen and oxygen atoms in total. The predicted octanol–water partition coefficient (Wildman–Crippen LogP) is 1.04. The SMILES string of the molecule is CCCCCn1ncc(C(N)=O)c1C#N. The summed E-state index contributed by atoms with van der Waals surface area (Å²) in [5.41, 5.74) is 5.58. The Bertz CT molecular complexity index is 389. The molecule has 0 fully saturated rings. The third kappa shape index (κ3) is 2.56. The summed E-state index contributed by atoms with van der Waals surface area (Å²) in [5.74, 6) is -0.603. The highest BCUT2D eigenvalue weighted by atomic mass is 16.1. The smallest absolute Gasteiger partial charge is 0.253 e. The van der Waals surface area contributed by atoms with Crippen molar-refractivity contribution >= 4 is 5.91 Å². The summed E-state index contributed by atoms with van der Waals surface area (Å²) in [6, 6.07) is 1.95. The van der Waals surface area contributed by atoms with E-state index in [1.54, 1.807) is 0 Å². The summed E-state index contributed by atoms with van der Waals surface area (Å²) in [4.78, 5) is 10.9. The van der Waals surface area contributed by atoms with Crippen LogP contribution < -0.4 is 5.73 Å². The van der Waals surface area contributed by atoms with Gasteiger partial charge in [0.1, 0.15) is 6.07 Å². The molecule has 0 bridgehead atoms. The van der Waals surface area contributed by atoms with Gasteiger partial charge in [-0.25, -0.2) is 0 Å². The number of nitrogens with two attached hydrogens (primary N) is 1. The number of nitriles is 1. The lowest BCUT2D eigenvalue weighted by molar-refractivity contribution is 0.1000. The van der Waals surface area contributed by atoms with Gasteiger partial charge in [0, 0.05) is 6.54 Å². The highest BCUT2D eigenvalue weighted by Gasteiger charge is 2.13. The average molecular weight is 206 g/mol. The van der Waals surface area contributed by atoms with Gasteiger partial charge in [-0.15, -0.1) is 0 Å². The standard InChI is InChI=1S/C10H14N4O/c1-2-3-4-5-14-9(6-11)8(7-13-14)10(12)15/h7H,2-5H2,1H3,(H2,12,15). The van der Waals surface area contributed by atoms with Crippen LogP contribution in [0.25, 0.3) is 0 Å². The minimum Gasteiger partial charge on any atom is -0.365 e. The molecule has 1 heterocycles. The predicted molar refractivity (Wildman–Crippen MR) is 55.0 cm³/mol. The van der Waals surface area contributed by atoms with Crippen molar-refractivity contribution in [3.05, 3.63) is 17.5 Å². The number of primary amides is 1. The summed E-state index contributed by atoms with van der Waals surface area (Å²) >= 11 is 0. The average Bonchev–Trinajstić information content (AvgIpc) is 2.61. The van der Waals surface area contributed by atoms with Crippen LogP contribution in [0.1, 0.15) is 42.2 Å². The fourth-order valence-electron chi connectivity index (χ4n) is 1.36. The molecule has 0 aromatic carbocycles. The second kappa shape index (κ2) is 5.15. The molecular formula is C10H14N4O. The van der Waals surface area contributed by atoms with E-state index in [0.717, 1.165) is 19.3 Å². The van der Waals surface area contributed by atoms with Crippen molar-refractivity contribution in [2.75, 3.05) is 0 Å². The number of aryl methyl sites for hydroxylation is 1. The van der Waals surface area contributed by atoms with Crippen molar-refractivity contribution in [2.45, 2.75) is 32.7 Å². The van der Waals surface area contributed by atoms with Crippen LogP contribution in [0.15, 0.2) is 6.20 Å². The first-order valence-electron chi connectivity index (χ1n) is 4.96. The lowest BCUT2D eigenvalue weighted by Gasteiger charge is -2.01. The van der Waals surface area contributed by atoms with Crippen LogP contribution >= 0.6 is 0 Å². The molecule has 0 aliphatic carbocycles. The molecule has 0 unspecified atom stereocenters. The summed E-state index contributed by atoms with van der Waals surface area (Å²) in [5, 5.41) is 12.8. The van der Waals surface area contributed by atoms with Gasteiger partial charge in [-0.05, 0) is 6.42 Å². The van der Waals surface area contributed by atoms with Crippen molar-refractivity contribution in [2.24, 2.45) is 5.73 Å². The number of carbonyl (C=O) groups excluding carboxylic acids is 1. The van der Waals surface area contributed by atoms with Crippen molar-refractivity contribution in [1.29, 1.82) is 5.26 Å². The van der Waals surface area contributed by atoms with Gasteiger partial charge in [0.05, 0.1) is 11.8 Å². The number of unbranched alkanes of at least 4 members (excludes halogenated alkanes) is 2. The lowest BCUT2D eigenvalue weighted by atomic mass is 10.2. The fourth-order valence-corrected chi connectivity index (χ4v) is 1.36. The number of nitrogens with zero attached hydrogens (tertiary/aromatic N) is 3. The molecular weight excluding hydrogens is 192 g/mol. The Balaban J connectivity index is 2.81. The topological polar surface area (TPSA) is 84.7 Å². The molecule has 0 aliphatic rings. The van der Waals surface area contributed by atoms with Gasteiger partial charge in [-0.3, -0.25) is 9.48 Å². The van der Waals surface area contributed by atoms with Crippen LogP contribution in [-0.2, 0) is 6.54 Å². The van der Waals surface area contributed by atoms with E-state index in [1.165, 1.54) is 10.9 Å². The van der Waals surface area contributed by atoms with Crippen LogP contribution in [0.5, 0.6) is 0 Å². The zero-order valence-electron chi connectivity index (χ0n) is 8.73. The Morgan fingerprint density at radius 2 is 2.40 bits per heavy atom. The van der Waals surface area contributed by atoms with Crippen LogP contribution in [0, 0.1) is 11.3 Å². The molecule has 0 saturated carbocycles. The highest BCUT2D eigenvalue weighted by molar-refractivity contribution is 5.94. The Kier molecular flexibility index (Phi) is 3.86. The summed E-state index contributed by atoms with van der Waals surface area (Å²) in [6.07, 6.45) is 4.49. The molecule has 5 heteroatoms. The maximum atomic E-state index is 10.9. The van der Waals surface area contributed by atoms with Gasteiger partial charge in [0.25, 0.3) is 5.91 Å². The van der Waals surface area contributed by atoms with Crippen LogP contribution in [0.2, 0.25) is 0 Å². The van der Waals surface area contributed by atoms with Crippen LogP contribution in [0.3, 0.4) is 0 Å². The number of carbonyl (C=O) groups is 1. The van der Waals surface area contributed by atoms with Gasteiger partial charge in [-0.1, -0.05) is 19.8 Å². The molecule has 1 rings (SSSR count). The number of hydrogen-bond donors (Lipinski definition) is 1. The molecule has 15 heavy (non-hydrogen) atoms. The van der Waals surface area contributed by atoms with Crippen molar-refractivity contribution in [1.82, 2.24) is 9.78 Å². The Hall–Kier alpha value is -1.83. The van der Waals surface area contributed by atoms with Gasteiger partial charge >= 0.3 is 0 Å². The monoisotopic (exact) mass is 206 g/mol. The summed E-state index contributed by atoms with van der Waals surface area (Å²) in [6.45, 7) is 2.76. The van der Waals surface area contributed by atoms with E-state index in [2.05, 4.69) is 12.0 Å². The van der Waals surface area contributed by atoms with E-state index in [4.69, 9.17) is 11.0 Å². The first-order valence-corrected chi connectivity index (χ1v) is 4.96. The van der Waals surface area contributed by atoms with Crippen LogP contribution in [0.4, 0.5) is 0 Å². The van der Waals surface area contributed by atoms with Gasteiger partial charge < -0.3 is 5.73 Å². The van der Waals surface area contributed by atoms with E-state index in [0.29, 0.717) is 6.54 Å². The number of amides is 1. The molecule has 0 aliphatic heterocycles. The van der Waals surface area contributed by atoms with E-state index in [-0.39, 0.29) is 11.3 Å². The summed E-state index contributed by atoms with van der Waals surface area (Å²) < 4.78 is 1.54. The number of hydrogen-bond acceptors (Lipinski definition) is 3. The Labute approximate surface area is 88.5 Å². The Morgan fingerprint density at radius 3 is 2.93 bits per heavy atom. The van der Waals surface area contributed by atoms with Gasteiger partial charge in [0.2, 0.25) is 0 Å². The highest BCUT2D eigenvalue weighted by Crippen LogP contribution is 2.08. The van der Waals surface area contributed by atoms with Crippen LogP contribution in [-0.4, -0.2) is 15.7 Å². The second-order valence-corrected chi connectivity index (χ2v) is 3.31. The van der Waals surface area contributed by atoms with E-state index in [9.17, 15) is 4.79 Å².